The molecular formula is C11H14BrN3O4S. The van der Waals surface area contributed by atoms with Crippen LogP contribution in [-0.2, 0) is 19.6 Å². The number of hydrogen-bond donors (Lipinski definition) is 3. The first-order valence-electron chi connectivity index (χ1n) is 5.61. The predicted molar refractivity (Wildman–Crippen MR) is 75.9 cm³/mol. The van der Waals surface area contributed by atoms with Crippen molar-refractivity contribution >= 4 is 37.8 Å². The summed E-state index contributed by atoms with van der Waals surface area (Å²) < 4.78 is 24.2. The van der Waals surface area contributed by atoms with Gasteiger partial charge in [-0.2, -0.15) is 0 Å². The summed E-state index contributed by atoms with van der Waals surface area (Å²) in [4.78, 5) is 24.5. The van der Waals surface area contributed by atoms with Gasteiger partial charge in [0.05, 0.1) is 4.90 Å². The van der Waals surface area contributed by atoms with E-state index in [0.29, 0.717) is 4.47 Å². The zero-order valence-electron chi connectivity index (χ0n) is 10.8. The van der Waals surface area contributed by atoms with Gasteiger partial charge in [-0.05, 0) is 41.9 Å². The Labute approximate surface area is 125 Å². The first-order chi connectivity index (χ1) is 9.24. The molecule has 0 fully saturated rings. The molecule has 0 aliphatic carbocycles. The van der Waals surface area contributed by atoms with Crippen LogP contribution in [0.25, 0.3) is 0 Å². The fourth-order valence-electron chi connectivity index (χ4n) is 1.22. The normalized spacial score (nSPS) is 11.2. The predicted octanol–water partition coefficient (Wildman–Crippen LogP) is 0.283. The highest BCUT2D eigenvalue weighted by atomic mass is 79.9. The van der Waals surface area contributed by atoms with Gasteiger partial charge in [0.1, 0.15) is 0 Å². The van der Waals surface area contributed by atoms with Gasteiger partial charge < -0.3 is 5.32 Å². The molecule has 1 rings (SSSR count). The van der Waals surface area contributed by atoms with Crippen LogP contribution in [0, 0.1) is 0 Å². The molecule has 2 amide bonds. The maximum atomic E-state index is 11.9. The number of sulfonamides is 1. The van der Waals surface area contributed by atoms with Gasteiger partial charge in [-0.25, -0.2) is 8.42 Å². The van der Waals surface area contributed by atoms with Gasteiger partial charge in [0.25, 0.3) is 10.0 Å². The Bertz CT molecular complexity index is 616. The van der Waals surface area contributed by atoms with Crippen molar-refractivity contribution in [3.05, 3.63) is 28.7 Å². The maximum Gasteiger partial charge on any atom is 0.324 e. The number of rotatable bonds is 4. The highest BCUT2D eigenvalue weighted by molar-refractivity contribution is 9.10. The van der Waals surface area contributed by atoms with Crippen LogP contribution in [0.1, 0.15) is 13.8 Å². The molecule has 0 radical (unpaired) electrons. The Morgan fingerprint density at radius 2 is 1.75 bits per heavy atom. The highest BCUT2D eigenvalue weighted by Crippen LogP contribution is 2.20. The average molecular weight is 364 g/mol. The first kappa shape index (κ1) is 16.6. The molecular weight excluding hydrogens is 350 g/mol. The number of amides is 2. The number of hydrogen-bond acceptors (Lipinski definition) is 4. The fourth-order valence-corrected chi connectivity index (χ4v) is 3.06. The Hall–Kier alpha value is -1.45. The molecule has 0 bridgehead atoms. The molecule has 0 aliphatic heterocycles. The van der Waals surface area contributed by atoms with Crippen molar-refractivity contribution in [2.75, 3.05) is 0 Å². The smallest absolute Gasteiger partial charge is 0.324 e. The molecule has 0 spiro atoms. The number of benzene rings is 1. The largest absolute Gasteiger partial charge is 0.346 e. The van der Waals surface area contributed by atoms with Gasteiger partial charge in [0.2, 0.25) is 0 Å². The summed E-state index contributed by atoms with van der Waals surface area (Å²) in [6.07, 6.45) is 0. The van der Waals surface area contributed by atoms with E-state index in [1.807, 2.05) is 10.3 Å². The summed E-state index contributed by atoms with van der Waals surface area (Å²) in [5.41, 5.74) is 1.84. The molecule has 1 aromatic carbocycles. The van der Waals surface area contributed by atoms with E-state index in [1.165, 1.54) is 12.1 Å². The van der Waals surface area contributed by atoms with Crippen molar-refractivity contribution in [1.29, 1.82) is 0 Å². The van der Waals surface area contributed by atoms with Crippen LogP contribution in [0.15, 0.2) is 33.6 Å². The second kappa shape index (κ2) is 6.82. The Morgan fingerprint density at radius 3 is 2.30 bits per heavy atom. The Kier molecular flexibility index (Phi) is 5.66. The zero-order chi connectivity index (χ0) is 15.3. The summed E-state index contributed by atoms with van der Waals surface area (Å²) in [5, 5.41) is 2.33. The number of carbonyl (C=O) groups excluding carboxylic acids is 2. The molecule has 0 saturated heterocycles. The fraction of sp³-hybridized carbons (Fsp3) is 0.273. The number of hydrazine groups is 1. The minimum atomic E-state index is -3.96. The molecule has 0 atom stereocenters. The summed E-state index contributed by atoms with van der Waals surface area (Å²) >= 11 is 3.09. The first-order valence-corrected chi connectivity index (χ1v) is 7.89. The van der Waals surface area contributed by atoms with Crippen LogP contribution in [-0.4, -0.2) is 26.3 Å². The minimum Gasteiger partial charge on any atom is -0.346 e. The lowest BCUT2D eigenvalue weighted by Gasteiger charge is -2.10. The van der Waals surface area contributed by atoms with Crippen molar-refractivity contribution in [3.8, 4) is 0 Å². The van der Waals surface area contributed by atoms with Crippen molar-refractivity contribution in [3.63, 3.8) is 0 Å². The van der Waals surface area contributed by atoms with Crippen molar-refractivity contribution in [2.24, 2.45) is 0 Å². The van der Waals surface area contributed by atoms with Crippen LogP contribution >= 0.6 is 15.9 Å². The van der Waals surface area contributed by atoms with Crippen LogP contribution in [0.3, 0.4) is 0 Å². The quantitative estimate of drug-likeness (QED) is 0.527. The Morgan fingerprint density at radius 1 is 1.15 bits per heavy atom. The zero-order valence-corrected chi connectivity index (χ0v) is 13.2. The van der Waals surface area contributed by atoms with E-state index >= 15 is 0 Å². The summed E-state index contributed by atoms with van der Waals surface area (Å²) in [6.45, 7) is 3.35. The van der Waals surface area contributed by atoms with Gasteiger partial charge in [-0.3, -0.25) is 15.0 Å². The molecule has 1 aromatic rings. The molecule has 0 aromatic heterocycles. The number of carbonyl (C=O) groups is 2. The average Bonchev–Trinajstić information content (AvgIpc) is 2.35. The molecule has 0 heterocycles. The van der Waals surface area contributed by atoms with Gasteiger partial charge in [-0.15, -0.1) is 4.83 Å². The topological polar surface area (TPSA) is 104 Å². The van der Waals surface area contributed by atoms with Crippen LogP contribution in [0.5, 0.6) is 0 Å². The van der Waals surface area contributed by atoms with E-state index in [4.69, 9.17) is 0 Å². The molecule has 0 unspecified atom stereocenters. The van der Waals surface area contributed by atoms with Crippen molar-refractivity contribution in [1.82, 2.24) is 15.6 Å². The van der Waals surface area contributed by atoms with E-state index in [1.54, 1.807) is 26.0 Å². The second-order valence-electron chi connectivity index (χ2n) is 4.12. The van der Waals surface area contributed by atoms with E-state index in [9.17, 15) is 18.0 Å². The lowest BCUT2D eigenvalue weighted by atomic mass is 10.4. The number of nitrogens with one attached hydrogen (secondary N) is 3. The summed E-state index contributed by atoms with van der Waals surface area (Å²) in [7, 11) is -3.96. The summed E-state index contributed by atoms with van der Waals surface area (Å²) in [6, 6.07) is 5.85. The molecule has 0 saturated carbocycles. The van der Waals surface area contributed by atoms with Gasteiger partial charge in [0, 0.05) is 10.5 Å². The molecule has 3 N–H and O–H groups in total. The third-order valence-electron chi connectivity index (χ3n) is 2.05. The van der Waals surface area contributed by atoms with Crippen LogP contribution in [0.4, 0.5) is 0 Å². The monoisotopic (exact) mass is 363 g/mol. The lowest BCUT2D eigenvalue weighted by Crippen LogP contribution is -2.49. The van der Waals surface area contributed by atoms with E-state index < -0.39 is 21.8 Å². The third-order valence-corrected chi connectivity index (χ3v) is 4.31. The van der Waals surface area contributed by atoms with E-state index in [0.717, 1.165) is 0 Å². The standard InChI is InChI=1S/C11H14BrN3O4S/c1-7(2)13-10(16)11(17)14-15-20(18,19)9-6-4-3-5-8(9)12/h3-7,15H,1-2H3,(H,13,16)(H,14,17). The van der Waals surface area contributed by atoms with Crippen LogP contribution in [0.2, 0.25) is 0 Å². The Balaban J connectivity index is 2.72. The molecule has 0 aliphatic rings. The van der Waals surface area contributed by atoms with E-state index in [2.05, 4.69) is 21.2 Å². The SMILES string of the molecule is CC(C)NC(=O)C(=O)NNS(=O)(=O)c1ccccc1Br. The van der Waals surface area contributed by atoms with Gasteiger partial charge >= 0.3 is 11.8 Å². The molecule has 110 valence electrons. The third kappa shape index (κ3) is 4.58. The molecule has 7 nitrogen and oxygen atoms in total. The van der Waals surface area contributed by atoms with Gasteiger partial charge in [0.15, 0.2) is 0 Å². The van der Waals surface area contributed by atoms with Crippen molar-refractivity contribution < 1.29 is 18.0 Å². The second-order valence-corrected chi connectivity index (χ2v) is 6.62. The highest BCUT2D eigenvalue weighted by Gasteiger charge is 2.20. The van der Waals surface area contributed by atoms with Crippen molar-refractivity contribution in [2.45, 2.75) is 24.8 Å². The minimum absolute atomic E-state index is 0.0513. The number of halogens is 1. The lowest BCUT2D eigenvalue weighted by molar-refractivity contribution is -0.139. The summed E-state index contributed by atoms with van der Waals surface area (Å²) in [5.74, 6) is -2.01. The molecule has 20 heavy (non-hydrogen) atoms. The van der Waals surface area contributed by atoms with Crippen LogP contribution < -0.4 is 15.6 Å². The molecule has 9 heteroatoms. The van der Waals surface area contributed by atoms with Gasteiger partial charge in [-0.1, -0.05) is 12.1 Å². The maximum absolute atomic E-state index is 11.9. The van der Waals surface area contributed by atoms with E-state index in [-0.39, 0.29) is 10.9 Å².